The van der Waals surface area contributed by atoms with Crippen LogP contribution < -0.4 is 26.4 Å². The van der Waals surface area contributed by atoms with Gasteiger partial charge >= 0.3 is 0 Å². The van der Waals surface area contributed by atoms with Crippen molar-refractivity contribution in [2.75, 3.05) is 32.8 Å². The lowest BCUT2D eigenvalue weighted by Crippen LogP contribution is -2.60. The fourth-order valence-electron chi connectivity index (χ4n) is 10.9. The predicted molar refractivity (Wildman–Crippen MR) is 300 cm³/mol. The molecule has 18 nitrogen and oxygen atoms in total. The van der Waals surface area contributed by atoms with Crippen LogP contribution in [0.3, 0.4) is 0 Å². The number of nitrogens with two attached hydrogens (primary N) is 1. The summed E-state index contributed by atoms with van der Waals surface area (Å²) in [6.07, 6.45) is 2.85. The number of unbranched alkanes of at least 4 members (excludes halogenated alkanes) is 2. The third-order valence-corrected chi connectivity index (χ3v) is 15.5. The molecule has 426 valence electrons. The zero-order chi connectivity index (χ0) is 56.6. The number of fused-ring (bicyclic) bond motifs is 2. The van der Waals surface area contributed by atoms with E-state index in [1.54, 1.807) is 12.1 Å². The summed E-state index contributed by atoms with van der Waals surface area (Å²) in [4.78, 5) is 89.8. The molecule has 0 bridgehead atoms. The fourth-order valence-corrected chi connectivity index (χ4v) is 10.9. The first kappa shape index (κ1) is 59.8. The van der Waals surface area contributed by atoms with E-state index in [-0.39, 0.29) is 51.1 Å². The zero-order valence-corrected chi connectivity index (χ0v) is 45.9. The summed E-state index contributed by atoms with van der Waals surface area (Å²) in [6, 6.07) is 25.4. The minimum atomic E-state index is -1.48. The number of amides is 6. The average Bonchev–Trinajstić information content (AvgIpc) is 4.22. The Kier molecular flexibility index (Phi) is 21.8. The molecule has 3 aliphatic rings. The second-order valence-corrected chi connectivity index (χ2v) is 21.5. The average molecular weight is 1090 g/mol. The molecule has 7 rings (SSSR count). The number of carbonyl (C=O) groups is 6. The highest BCUT2D eigenvalue weighted by Crippen LogP contribution is 2.31. The van der Waals surface area contributed by atoms with Gasteiger partial charge in [0.15, 0.2) is 0 Å². The molecule has 18 heteroatoms. The first-order chi connectivity index (χ1) is 38.0. The van der Waals surface area contributed by atoms with E-state index >= 15 is 0 Å². The number of nitrogens with zero attached hydrogens (tertiary/aromatic N) is 3. The zero-order valence-electron chi connectivity index (χ0n) is 45.9. The number of hydrogen-bond acceptors (Lipinski definition) is 12. The maximum Gasteiger partial charge on any atom is 0.248 e. The van der Waals surface area contributed by atoms with Crippen LogP contribution in [0.2, 0.25) is 0 Å². The van der Waals surface area contributed by atoms with Crippen molar-refractivity contribution in [3.05, 3.63) is 108 Å². The Morgan fingerprint density at radius 3 is 1.75 bits per heavy atom. The topological polar surface area (TPSA) is 264 Å². The van der Waals surface area contributed by atoms with Gasteiger partial charge in [0.1, 0.15) is 35.7 Å². The Balaban J connectivity index is 1.13. The number of aromatic hydroxyl groups is 1. The highest BCUT2D eigenvalue weighted by molar-refractivity contribution is 5.97. The molecular formula is C61H81N7O11. The van der Waals surface area contributed by atoms with E-state index in [1.165, 1.54) is 40.7 Å². The van der Waals surface area contributed by atoms with E-state index < -0.39 is 96.6 Å². The summed E-state index contributed by atoms with van der Waals surface area (Å²) in [7, 11) is 0. The van der Waals surface area contributed by atoms with Gasteiger partial charge in [-0.05, 0) is 136 Å². The molecule has 0 radical (unpaired) electrons. The molecule has 3 aliphatic heterocycles. The lowest BCUT2D eigenvalue weighted by Gasteiger charge is -2.34. The van der Waals surface area contributed by atoms with Crippen molar-refractivity contribution >= 4 is 35.4 Å². The van der Waals surface area contributed by atoms with Crippen LogP contribution in [-0.4, -0.2) is 152 Å². The van der Waals surface area contributed by atoms with Crippen LogP contribution in [0.4, 0.5) is 0 Å². The SMILES string of the molecule is CCCCCOc1ccc(-c2ccc(-c3ccc(C4CCCC[C@@H](O)CC[C@@H](N)NC(=O)C5CCCN5C(=O)C(C(C)O)NC(=O)CN(CCc5ccc(O)cc5)C(=O)C5CCCN5C(=O)C(C(C)O)NC4=O)cc3)cc2)cc1. The van der Waals surface area contributed by atoms with Gasteiger partial charge in [-0.3, -0.25) is 28.8 Å². The first-order valence-electron chi connectivity index (χ1n) is 28.3. The number of phenolic OH excluding ortho intramolecular Hbond substituents is 1. The maximum atomic E-state index is 14.8. The minimum absolute atomic E-state index is 0.0131. The van der Waals surface area contributed by atoms with Gasteiger partial charge in [-0.1, -0.05) is 105 Å². The van der Waals surface area contributed by atoms with E-state index in [9.17, 15) is 49.2 Å². The Hall–Kier alpha value is -6.86. The maximum absolute atomic E-state index is 14.8. The standard InChI is InChI=1S/C61H81N7O11/c1-4-5-8-37-79-49-30-25-45(26-31-49)43-19-17-42(18-20-43)44-21-23-46(24-22-44)50-12-7-6-11-47(71)29-32-53(62)63-58(75)51-13-9-34-67(51)60(77)55(39(2)69)64-54(73)38-66(36-33-41-15-27-48(72)28-16-41)59(76)52-14-10-35-68(52)61(78)56(40(3)70)65-57(50)74/h15-28,30-31,39-40,47,50-53,55-56,69-72H,4-14,29,32-38,62H2,1-3H3,(H,63,75)(H,64,73)(H,65,74)/t39?,40?,47-,50?,51?,52?,53+,55?,56?/m1/s1. The number of rotatable bonds is 13. The molecule has 6 amide bonds. The molecule has 0 saturated carbocycles. The summed E-state index contributed by atoms with van der Waals surface area (Å²) < 4.78 is 5.90. The largest absolute Gasteiger partial charge is 0.508 e. The van der Waals surface area contributed by atoms with Crippen LogP contribution in [0.25, 0.3) is 22.3 Å². The molecule has 4 aromatic carbocycles. The Bertz CT molecular complexity index is 2650. The normalized spacial score (nSPS) is 24.5. The van der Waals surface area contributed by atoms with Crippen LogP contribution in [0.5, 0.6) is 11.5 Å². The van der Waals surface area contributed by atoms with Crippen LogP contribution in [0.15, 0.2) is 97.1 Å². The number of carbonyl (C=O) groups excluding carboxylic acids is 6. The van der Waals surface area contributed by atoms with Gasteiger partial charge in [-0.25, -0.2) is 0 Å². The van der Waals surface area contributed by atoms with Gasteiger partial charge < -0.3 is 61.5 Å². The third-order valence-electron chi connectivity index (χ3n) is 15.5. The molecule has 79 heavy (non-hydrogen) atoms. The number of aliphatic hydroxyl groups excluding tert-OH is 3. The van der Waals surface area contributed by atoms with Crippen LogP contribution in [0.1, 0.15) is 121 Å². The number of benzene rings is 4. The lowest BCUT2D eigenvalue weighted by atomic mass is 9.90. The third kappa shape index (κ3) is 16.4. The van der Waals surface area contributed by atoms with Crippen molar-refractivity contribution in [3.63, 3.8) is 0 Å². The molecule has 7 unspecified atom stereocenters. The van der Waals surface area contributed by atoms with E-state index in [1.807, 2.05) is 60.7 Å². The summed E-state index contributed by atoms with van der Waals surface area (Å²) in [5.41, 5.74) is 11.8. The van der Waals surface area contributed by atoms with Gasteiger partial charge in [0, 0.05) is 19.6 Å². The second kappa shape index (κ2) is 28.9. The number of hydrogen-bond donors (Lipinski definition) is 8. The van der Waals surface area contributed by atoms with Gasteiger partial charge in [-0.2, -0.15) is 0 Å². The monoisotopic (exact) mass is 1090 g/mol. The minimum Gasteiger partial charge on any atom is -0.508 e. The van der Waals surface area contributed by atoms with Crippen molar-refractivity contribution in [2.45, 2.75) is 165 Å². The lowest BCUT2D eigenvalue weighted by molar-refractivity contribution is -0.149. The summed E-state index contributed by atoms with van der Waals surface area (Å²) in [5.74, 6) is -3.60. The number of ether oxygens (including phenoxy) is 1. The molecule has 9 N–H and O–H groups in total. The number of phenols is 1. The molecule has 9 atom stereocenters. The first-order valence-corrected chi connectivity index (χ1v) is 28.3. The fraction of sp³-hybridized carbons (Fsp3) is 0.508. The Morgan fingerprint density at radius 1 is 0.608 bits per heavy atom. The smallest absolute Gasteiger partial charge is 0.248 e. The predicted octanol–water partition coefficient (Wildman–Crippen LogP) is 5.28. The van der Waals surface area contributed by atoms with E-state index in [0.717, 1.165) is 52.8 Å². The van der Waals surface area contributed by atoms with Crippen molar-refractivity contribution in [2.24, 2.45) is 5.73 Å². The van der Waals surface area contributed by atoms with Gasteiger partial charge in [0.25, 0.3) is 0 Å². The van der Waals surface area contributed by atoms with Gasteiger partial charge in [-0.15, -0.1) is 0 Å². The summed E-state index contributed by atoms with van der Waals surface area (Å²) in [6.45, 7) is 5.34. The molecule has 0 spiro atoms. The molecule has 3 saturated heterocycles. The highest BCUT2D eigenvalue weighted by Gasteiger charge is 2.43. The van der Waals surface area contributed by atoms with Gasteiger partial charge in [0.05, 0.1) is 43.5 Å². The van der Waals surface area contributed by atoms with Crippen LogP contribution in [0, 0.1) is 0 Å². The van der Waals surface area contributed by atoms with Crippen molar-refractivity contribution in [1.82, 2.24) is 30.7 Å². The second-order valence-electron chi connectivity index (χ2n) is 21.5. The van der Waals surface area contributed by atoms with Gasteiger partial charge in [0.2, 0.25) is 35.4 Å². The molecule has 3 fully saturated rings. The molecule has 0 aromatic heterocycles. The number of aliphatic hydroxyl groups is 3. The van der Waals surface area contributed by atoms with Crippen molar-refractivity contribution in [3.8, 4) is 33.8 Å². The quantitative estimate of drug-likeness (QED) is 0.0796. The Morgan fingerprint density at radius 2 is 1.15 bits per heavy atom. The van der Waals surface area contributed by atoms with Crippen LogP contribution in [-0.2, 0) is 35.2 Å². The van der Waals surface area contributed by atoms with E-state index in [4.69, 9.17) is 10.5 Å². The Labute approximate surface area is 464 Å². The molecule has 3 heterocycles. The number of nitrogens with one attached hydrogen (secondary N) is 3. The summed E-state index contributed by atoms with van der Waals surface area (Å²) in [5, 5.41) is 51.4. The highest BCUT2D eigenvalue weighted by atomic mass is 16.5. The summed E-state index contributed by atoms with van der Waals surface area (Å²) >= 11 is 0. The van der Waals surface area contributed by atoms with E-state index in [0.29, 0.717) is 57.1 Å². The molecule has 0 aliphatic carbocycles. The van der Waals surface area contributed by atoms with E-state index in [2.05, 4.69) is 35.0 Å². The van der Waals surface area contributed by atoms with Crippen molar-refractivity contribution < 1.29 is 53.9 Å². The van der Waals surface area contributed by atoms with Crippen LogP contribution >= 0.6 is 0 Å². The van der Waals surface area contributed by atoms with Crippen molar-refractivity contribution in [1.29, 1.82) is 0 Å². The molecular weight excluding hydrogens is 1010 g/mol. The molecule has 4 aromatic rings.